The zero-order chi connectivity index (χ0) is 15.9. The lowest BCUT2D eigenvalue weighted by atomic mass is 10.2. The number of thioether (sulfide) groups is 1. The van der Waals surface area contributed by atoms with E-state index in [1.165, 1.54) is 26.0 Å². The third-order valence-corrected chi connectivity index (χ3v) is 3.58. The fraction of sp³-hybridized carbons (Fsp3) is 0.250. The number of carbonyl (C=O) groups is 1. The van der Waals surface area contributed by atoms with Crippen LogP contribution in [0.25, 0.3) is 0 Å². The first-order chi connectivity index (χ1) is 10.7. The fourth-order valence-corrected chi connectivity index (χ4v) is 2.26. The monoisotopic (exact) mass is 319 g/mol. The molecule has 1 aromatic heterocycles. The molecule has 0 radical (unpaired) electrons. The highest BCUT2D eigenvalue weighted by Gasteiger charge is 2.21. The molecule has 0 unspecified atom stereocenters. The predicted octanol–water partition coefficient (Wildman–Crippen LogP) is 3.18. The Morgan fingerprint density at radius 3 is 2.55 bits per heavy atom. The molecular formula is C16H17NO4S. The van der Waals surface area contributed by atoms with Crippen LogP contribution < -0.4 is 9.47 Å². The number of aromatic nitrogens is 1. The number of benzene rings is 1. The van der Waals surface area contributed by atoms with Gasteiger partial charge in [-0.3, -0.25) is 0 Å². The summed E-state index contributed by atoms with van der Waals surface area (Å²) in [5.74, 6) is 0.184. The lowest BCUT2D eigenvalue weighted by molar-refractivity contribution is 0.0586. The molecule has 0 fully saturated rings. The molecule has 6 heteroatoms. The molecule has 0 aliphatic carbocycles. The first-order valence-electron chi connectivity index (χ1n) is 6.57. The summed E-state index contributed by atoms with van der Waals surface area (Å²) in [6.07, 6.45) is 1.87. The molecule has 0 N–H and O–H groups in total. The van der Waals surface area contributed by atoms with Crippen LogP contribution in [0, 0.1) is 0 Å². The Balaban J connectivity index is 2.36. The van der Waals surface area contributed by atoms with Gasteiger partial charge in [-0.05, 0) is 11.8 Å². The number of methoxy groups -OCH3 is 2. The van der Waals surface area contributed by atoms with Crippen molar-refractivity contribution < 1.29 is 19.0 Å². The van der Waals surface area contributed by atoms with Crippen LogP contribution in [0.5, 0.6) is 11.5 Å². The third kappa shape index (κ3) is 3.71. The van der Waals surface area contributed by atoms with Gasteiger partial charge in [0, 0.05) is 6.07 Å². The van der Waals surface area contributed by atoms with Gasteiger partial charge in [-0.1, -0.05) is 30.3 Å². The van der Waals surface area contributed by atoms with Crippen LogP contribution in [-0.2, 0) is 11.3 Å². The maximum absolute atomic E-state index is 12.0. The molecule has 22 heavy (non-hydrogen) atoms. The number of pyridine rings is 1. The quantitative estimate of drug-likeness (QED) is 0.602. The van der Waals surface area contributed by atoms with Crippen molar-refractivity contribution in [1.29, 1.82) is 0 Å². The number of carbonyl (C=O) groups excluding carboxylic acids is 1. The van der Waals surface area contributed by atoms with Gasteiger partial charge in [-0.15, -0.1) is 11.8 Å². The number of esters is 1. The van der Waals surface area contributed by atoms with Crippen LogP contribution in [0.4, 0.5) is 0 Å². The molecule has 1 heterocycles. The Bertz CT molecular complexity index is 646. The van der Waals surface area contributed by atoms with Crippen molar-refractivity contribution in [2.24, 2.45) is 0 Å². The molecule has 0 amide bonds. The topological polar surface area (TPSA) is 57.7 Å². The van der Waals surface area contributed by atoms with Crippen molar-refractivity contribution in [1.82, 2.24) is 4.98 Å². The largest absolute Gasteiger partial charge is 0.493 e. The van der Waals surface area contributed by atoms with Crippen molar-refractivity contribution in [3.63, 3.8) is 0 Å². The number of nitrogens with zero attached hydrogens (tertiary/aromatic N) is 1. The van der Waals surface area contributed by atoms with Crippen LogP contribution in [-0.4, -0.2) is 31.4 Å². The van der Waals surface area contributed by atoms with Crippen LogP contribution in [0.1, 0.15) is 16.1 Å². The molecule has 0 saturated carbocycles. The van der Waals surface area contributed by atoms with Gasteiger partial charge >= 0.3 is 5.97 Å². The van der Waals surface area contributed by atoms with Crippen molar-refractivity contribution in [3.05, 3.63) is 47.7 Å². The van der Waals surface area contributed by atoms with Crippen LogP contribution in [0.15, 0.2) is 41.4 Å². The maximum atomic E-state index is 12.0. The number of ether oxygens (including phenoxy) is 3. The van der Waals surface area contributed by atoms with Gasteiger partial charge in [0.25, 0.3) is 0 Å². The number of hydrogen-bond donors (Lipinski definition) is 0. The minimum atomic E-state index is -0.558. The van der Waals surface area contributed by atoms with Crippen molar-refractivity contribution in [2.75, 3.05) is 20.5 Å². The molecule has 0 atom stereocenters. The molecule has 116 valence electrons. The molecule has 0 saturated heterocycles. The summed E-state index contributed by atoms with van der Waals surface area (Å²) in [4.78, 5) is 16.2. The highest BCUT2D eigenvalue weighted by molar-refractivity contribution is 7.98. The average Bonchev–Trinajstić information content (AvgIpc) is 2.59. The van der Waals surface area contributed by atoms with E-state index in [0.29, 0.717) is 17.4 Å². The lowest BCUT2D eigenvalue weighted by Crippen LogP contribution is -2.10. The molecule has 0 spiro atoms. The fourth-order valence-electron chi connectivity index (χ4n) is 1.85. The molecule has 0 aliphatic heterocycles. The van der Waals surface area contributed by atoms with E-state index < -0.39 is 5.97 Å². The SMILES string of the molecule is COC(=O)c1nc(SC)cc(OC)c1OCc1ccccc1. The number of rotatable bonds is 6. The smallest absolute Gasteiger partial charge is 0.360 e. The van der Waals surface area contributed by atoms with E-state index in [9.17, 15) is 4.79 Å². The van der Waals surface area contributed by atoms with Crippen molar-refractivity contribution in [2.45, 2.75) is 11.6 Å². The Morgan fingerprint density at radius 1 is 1.23 bits per heavy atom. The Morgan fingerprint density at radius 2 is 1.95 bits per heavy atom. The standard InChI is InChI=1S/C16H17NO4S/c1-19-12-9-13(22-3)17-14(16(18)20-2)15(12)21-10-11-7-5-4-6-8-11/h4-9H,10H2,1-3H3. The van der Waals surface area contributed by atoms with Gasteiger partial charge in [-0.25, -0.2) is 9.78 Å². The zero-order valence-electron chi connectivity index (χ0n) is 12.7. The average molecular weight is 319 g/mol. The van der Waals surface area contributed by atoms with Gasteiger partial charge in [0.1, 0.15) is 11.6 Å². The van der Waals surface area contributed by atoms with Crippen molar-refractivity contribution >= 4 is 17.7 Å². The first-order valence-corrected chi connectivity index (χ1v) is 7.80. The molecular weight excluding hydrogens is 302 g/mol. The normalized spacial score (nSPS) is 10.1. The van der Waals surface area contributed by atoms with Crippen LogP contribution >= 0.6 is 11.8 Å². The van der Waals surface area contributed by atoms with E-state index in [4.69, 9.17) is 14.2 Å². The van der Waals surface area contributed by atoms with E-state index in [2.05, 4.69) is 4.98 Å². The maximum Gasteiger partial charge on any atom is 0.360 e. The van der Waals surface area contributed by atoms with E-state index in [-0.39, 0.29) is 11.4 Å². The highest BCUT2D eigenvalue weighted by Crippen LogP contribution is 2.34. The molecule has 0 bridgehead atoms. The Hall–Kier alpha value is -2.21. The summed E-state index contributed by atoms with van der Waals surface area (Å²) >= 11 is 1.41. The molecule has 2 aromatic rings. The third-order valence-electron chi connectivity index (χ3n) is 2.95. The second kappa shape index (κ2) is 7.70. The van der Waals surface area contributed by atoms with E-state index in [1.54, 1.807) is 6.07 Å². The Labute approximate surface area is 133 Å². The number of hydrogen-bond acceptors (Lipinski definition) is 6. The minimum absolute atomic E-state index is 0.113. The second-order valence-corrected chi connectivity index (χ2v) is 5.14. The summed E-state index contributed by atoms with van der Waals surface area (Å²) in [7, 11) is 2.83. The minimum Gasteiger partial charge on any atom is -0.493 e. The molecule has 5 nitrogen and oxygen atoms in total. The van der Waals surface area contributed by atoms with Gasteiger partial charge in [0.15, 0.2) is 17.2 Å². The molecule has 1 aromatic carbocycles. The zero-order valence-corrected chi connectivity index (χ0v) is 13.5. The summed E-state index contributed by atoms with van der Waals surface area (Å²) in [5, 5.41) is 0.657. The van der Waals surface area contributed by atoms with Crippen LogP contribution in [0.2, 0.25) is 0 Å². The Kier molecular flexibility index (Phi) is 5.66. The van der Waals surface area contributed by atoms with Crippen molar-refractivity contribution in [3.8, 4) is 11.5 Å². The summed E-state index contributed by atoms with van der Waals surface area (Å²) in [6.45, 7) is 0.307. The summed E-state index contributed by atoms with van der Waals surface area (Å²) in [6, 6.07) is 11.4. The predicted molar refractivity (Wildman–Crippen MR) is 84.7 cm³/mol. The summed E-state index contributed by atoms with van der Waals surface area (Å²) in [5.41, 5.74) is 1.09. The highest BCUT2D eigenvalue weighted by atomic mass is 32.2. The van der Waals surface area contributed by atoms with Gasteiger partial charge in [-0.2, -0.15) is 0 Å². The lowest BCUT2D eigenvalue weighted by Gasteiger charge is -2.14. The molecule has 0 aliphatic rings. The second-order valence-electron chi connectivity index (χ2n) is 4.31. The van der Waals surface area contributed by atoms with Gasteiger partial charge in [0.05, 0.1) is 14.2 Å². The van der Waals surface area contributed by atoms with Gasteiger partial charge < -0.3 is 14.2 Å². The van der Waals surface area contributed by atoms with Crippen LogP contribution in [0.3, 0.4) is 0 Å². The molecule has 2 rings (SSSR count). The summed E-state index contributed by atoms with van der Waals surface area (Å²) < 4.78 is 15.9. The van der Waals surface area contributed by atoms with E-state index >= 15 is 0 Å². The van der Waals surface area contributed by atoms with Gasteiger partial charge in [0.2, 0.25) is 0 Å². The van der Waals surface area contributed by atoms with E-state index in [0.717, 1.165) is 5.56 Å². The first kappa shape index (κ1) is 16.2. The van der Waals surface area contributed by atoms with E-state index in [1.807, 2.05) is 36.6 Å².